The Morgan fingerprint density at radius 2 is 2.28 bits per heavy atom. The van der Waals surface area contributed by atoms with E-state index < -0.39 is 6.10 Å². The standard InChI is InChI=1S/C17H24N4O4/c1-10(2)15-17(23)21(16-12(25-15)5-6-13(18)20-16)9-14(22)19-8-11-4-3-7-24-11/h5-6,10-11,15H,3-4,7-9H2,1-2H3,(H2,18,20)(H,19,22). The third-order valence-corrected chi connectivity index (χ3v) is 4.34. The highest BCUT2D eigenvalue weighted by Crippen LogP contribution is 2.34. The van der Waals surface area contributed by atoms with Crippen LogP contribution in [-0.2, 0) is 14.3 Å². The molecule has 3 N–H and O–H groups in total. The molecule has 3 rings (SSSR count). The molecular formula is C17H24N4O4. The van der Waals surface area contributed by atoms with E-state index in [9.17, 15) is 9.59 Å². The molecule has 3 heterocycles. The van der Waals surface area contributed by atoms with Crippen LogP contribution in [0.3, 0.4) is 0 Å². The monoisotopic (exact) mass is 348 g/mol. The van der Waals surface area contributed by atoms with Gasteiger partial charge >= 0.3 is 0 Å². The third-order valence-electron chi connectivity index (χ3n) is 4.34. The van der Waals surface area contributed by atoms with E-state index in [1.807, 2.05) is 13.8 Å². The molecule has 2 unspecified atom stereocenters. The summed E-state index contributed by atoms with van der Waals surface area (Å²) in [5.74, 6) is 0.434. The molecule has 2 aliphatic heterocycles. The van der Waals surface area contributed by atoms with Crippen molar-refractivity contribution in [3.8, 4) is 5.75 Å². The zero-order chi connectivity index (χ0) is 18.0. The summed E-state index contributed by atoms with van der Waals surface area (Å²) in [6, 6.07) is 3.29. The topological polar surface area (TPSA) is 107 Å². The molecule has 0 spiro atoms. The molecule has 8 nitrogen and oxygen atoms in total. The number of fused-ring (bicyclic) bond motifs is 1. The van der Waals surface area contributed by atoms with Crippen molar-refractivity contribution in [1.29, 1.82) is 0 Å². The van der Waals surface area contributed by atoms with E-state index in [0.29, 0.717) is 12.3 Å². The first kappa shape index (κ1) is 17.5. The summed E-state index contributed by atoms with van der Waals surface area (Å²) in [4.78, 5) is 30.6. The number of nitrogens with one attached hydrogen (secondary N) is 1. The highest BCUT2D eigenvalue weighted by molar-refractivity contribution is 6.03. The maximum atomic E-state index is 12.8. The number of nitrogens with zero attached hydrogens (tertiary/aromatic N) is 2. The SMILES string of the molecule is CC(C)C1Oc2ccc(N)nc2N(CC(=O)NCC2CCCO2)C1=O. The van der Waals surface area contributed by atoms with Crippen LogP contribution in [-0.4, -0.2) is 48.7 Å². The van der Waals surface area contributed by atoms with Crippen LogP contribution in [0.25, 0.3) is 0 Å². The summed E-state index contributed by atoms with van der Waals surface area (Å²) in [5, 5.41) is 2.82. The number of amides is 2. The van der Waals surface area contributed by atoms with E-state index in [1.165, 1.54) is 4.90 Å². The van der Waals surface area contributed by atoms with Gasteiger partial charge in [-0.3, -0.25) is 14.5 Å². The third kappa shape index (κ3) is 3.84. The Morgan fingerprint density at radius 1 is 1.48 bits per heavy atom. The molecule has 136 valence electrons. The highest BCUT2D eigenvalue weighted by atomic mass is 16.5. The van der Waals surface area contributed by atoms with Gasteiger partial charge in [0.25, 0.3) is 5.91 Å². The normalized spacial score (nSPS) is 22.7. The van der Waals surface area contributed by atoms with Gasteiger partial charge in [-0.15, -0.1) is 0 Å². The van der Waals surface area contributed by atoms with Gasteiger partial charge in [0.2, 0.25) is 5.91 Å². The number of hydrogen-bond acceptors (Lipinski definition) is 6. The maximum absolute atomic E-state index is 12.8. The van der Waals surface area contributed by atoms with Gasteiger partial charge in [0.1, 0.15) is 12.4 Å². The van der Waals surface area contributed by atoms with E-state index in [1.54, 1.807) is 12.1 Å². The lowest BCUT2D eigenvalue weighted by Gasteiger charge is -2.34. The zero-order valence-corrected chi connectivity index (χ0v) is 14.5. The smallest absolute Gasteiger partial charge is 0.270 e. The first-order valence-electron chi connectivity index (χ1n) is 8.58. The van der Waals surface area contributed by atoms with Gasteiger partial charge < -0.3 is 20.5 Å². The summed E-state index contributed by atoms with van der Waals surface area (Å²) in [7, 11) is 0. The minimum Gasteiger partial charge on any atom is -0.476 e. The van der Waals surface area contributed by atoms with Crippen molar-refractivity contribution in [3.63, 3.8) is 0 Å². The zero-order valence-electron chi connectivity index (χ0n) is 14.5. The number of rotatable bonds is 5. The van der Waals surface area contributed by atoms with Gasteiger partial charge in [-0.25, -0.2) is 4.98 Å². The van der Waals surface area contributed by atoms with Crippen LogP contribution in [0.15, 0.2) is 12.1 Å². The second-order valence-corrected chi connectivity index (χ2v) is 6.70. The Balaban J connectivity index is 1.74. The average Bonchev–Trinajstić information content (AvgIpc) is 3.09. The van der Waals surface area contributed by atoms with Gasteiger partial charge in [-0.2, -0.15) is 0 Å². The van der Waals surface area contributed by atoms with Gasteiger partial charge in [-0.1, -0.05) is 13.8 Å². The summed E-state index contributed by atoms with van der Waals surface area (Å²) in [6.45, 7) is 4.85. The summed E-state index contributed by atoms with van der Waals surface area (Å²) >= 11 is 0. The van der Waals surface area contributed by atoms with Crippen molar-refractivity contribution >= 4 is 23.5 Å². The maximum Gasteiger partial charge on any atom is 0.270 e. The van der Waals surface area contributed by atoms with Gasteiger partial charge in [-0.05, 0) is 30.9 Å². The number of nitrogens with two attached hydrogens (primary N) is 1. The Morgan fingerprint density at radius 3 is 2.96 bits per heavy atom. The van der Waals surface area contributed by atoms with Crippen molar-refractivity contribution in [2.24, 2.45) is 5.92 Å². The van der Waals surface area contributed by atoms with Crippen LogP contribution in [0, 0.1) is 5.92 Å². The number of anilines is 2. The number of carbonyl (C=O) groups excluding carboxylic acids is 2. The second-order valence-electron chi connectivity index (χ2n) is 6.70. The molecule has 0 saturated carbocycles. The molecule has 8 heteroatoms. The lowest BCUT2D eigenvalue weighted by Crippen LogP contribution is -2.52. The van der Waals surface area contributed by atoms with E-state index in [-0.39, 0.29) is 42.0 Å². The number of carbonyl (C=O) groups is 2. The first-order valence-corrected chi connectivity index (χ1v) is 8.58. The molecule has 1 aromatic heterocycles. The van der Waals surface area contributed by atoms with Crippen molar-refractivity contribution in [3.05, 3.63) is 12.1 Å². The number of pyridine rings is 1. The molecule has 2 aliphatic rings. The molecule has 0 radical (unpaired) electrons. The van der Waals surface area contributed by atoms with Crippen LogP contribution in [0.5, 0.6) is 5.75 Å². The Hall–Kier alpha value is -2.35. The van der Waals surface area contributed by atoms with E-state index in [2.05, 4.69) is 10.3 Å². The lowest BCUT2D eigenvalue weighted by molar-refractivity contribution is -0.130. The number of nitrogen functional groups attached to an aromatic ring is 1. The first-order chi connectivity index (χ1) is 12.0. The van der Waals surface area contributed by atoms with Crippen LogP contribution >= 0.6 is 0 Å². The molecule has 1 saturated heterocycles. The number of ether oxygens (including phenoxy) is 2. The molecular weight excluding hydrogens is 324 g/mol. The molecule has 2 atom stereocenters. The quantitative estimate of drug-likeness (QED) is 0.811. The van der Waals surface area contributed by atoms with Crippen LogP contribution in [0.4, 0.5) is 11.6 Å². The van der Waals surface area contributed by atoms with Crippen molar-refractivity contribution in [1.82, 2.24) is 10.3 Å². The summed E-state index contributed by atoms with van der Waals surface area (Å²) < 4.78 is 11.2. The van der Waals surface area contributed by atoms with Gasteiger partial charge in [0, 0.05) is 13.2 Å². The molecule has 1 aromatic rings. The fraction of sp³-hybridized carbons (Fsp3) is 0.588. The largest absolute Gasteiger partial charge is 0.476 e. The van der Waals surface area contributed by atoms with Crippen molar-refractivity contribution in [2.45, 2.75) is 38.9 Å². The predicted octanol–water partition coefficient (Wildman–Crippen LogP) is 0.709. The fourth-order valence-electron chi connectivity index (χ4n) is 2.99. The molecule has 25 heavy (non-hydrogen) atoms. The molecule has 0 bridgehead atoms. The lowest BCUT2D eigenvalue weighted by atomic mass is 10.0. The van der Waals surface area contributed by atoms with Crippen molar-refractivity contribution in [2.75, 3.05) is 30.3 Å². The minimum absolute atomic E-state index is 0.0318. The van der Waals surface area contributed by atoms with Crippen LogP contribution in [0.1, 0.15) is 26.7 Å². The molecule has 2 amide bonds. The molecule has 1 fully saturated rings. The van der Waals surface area contributed by atoms with E-state index >= 15 is 0 Å². The van der Waals surface area contributed by atoms with Gasteiger partial charge in [0.15, 0.2) is 17.7 Å². The average molecular weight is 348 g/mol. The van der Waals surface area contributed by atoms with Crippen LogP contribution < -0.4 is 20.7 Å². The van der Waals surface area contributed by atoms with Crippen LogP contribution in [0.2, 0.25) is 0 Å². The number of aromatic nitrogens is 1. The summed E-state index contributed by atoms with van der Waals surface area (Å²) in [5.41, 5.74) is 5.73. The van der Waals surface area contributed by atoms with Gasteiger partial charge in [0.05, 0.1) is 6.10 Å². The fourth-order valence-corrected chi connectivity index (χ4v) is 2.99. The summed E-state index contributed by atoms with van der Waals surface area (Å²) in [6.07, 6.45) is 1.35. The van der Waals surface area contributed by atoms with E-state index in [4.69, 9.17) is 15.2 Å². The molecule has 0 aliphatic carbocycles. The predicted molar refractivity (Wildman–Crippen MR) is 92.2 cm³/mol. The minimum atomic E-state index is -0.649. The second kappa shape index (κ2) is 7.26. The highest BCUT2D eigenvalue weighted by Gasteiger charge is 2.38. The number of hydrogen-bond donors (Lipinski definition) is 2. The Labute approximate surface area is 146 Å². The Kier molecular flexibility index (Phi) is 5.08. The Bertz CT molecular complexity index is 658. The molecule has 0 aromatic carbocycles. The van der Waals surface area contributed by atoms with E-state index in [0.717, 1.165) is 19.4 Å². The van der Waals surface area contributed by atoms with Crippen molar-refractivity contribution < 1.29 is 19.1 Å².